The average Bonchev–Trinajstić information content (AvgIpc) is 2.95. The summed E-state index contributed by atoms with van der Waals surface area (Å²) in [5, 5.41) is 3.41. The third-order valence-corrected chi connectivity index (χ3v) is 3.81. The van der Waals surface area contributed by atoms with Crippen LogP contribution >= 0.6 is 0 Å². The van der Waals surface area contributed by atoms with Crippen LogP contribution in [0, 0.1) is 5.41 Å². The van der Waals surface area contributed by atoms with Gasteiger partial charge in [0.15, 0.2) is 0 Å². The number of carbonyl (C=O) groups excluding carboxylic acids is 1. The smallest absolute Gasteiger partial charge is 0.239 e. The first kappa shape index (κ1) is 12.5. The first-order valence-electron chi connectivity index (χ1n) is 5.91. The van der Waals surface area contributed by atoms with Gasteiger partial charge in [0.25, 0.3) is 0 Å². The van der Waals surface area contributed by atoms with E-state index in [4.69, 9.17) is 0 Å². The van der Waals surface area contributed by atoms with Crippen molar-refractivity contribution in [3.8, 4) is 0 Å². The van der Waals surface area contributed by atoms with Gasteiger partial charge in [0.05, 0.1) is 6.04 Å². The zero-order valence-electron chi connectivity index (χ0n) is 10.6. The first-order chi connectivity index (χ1) is 6.90. The second-order valence-corrected chi connectivity index (χ2v) is 5.12. The van der Waals surface area contributed by atoms with E-state index in [9.17, 15) is 4.79 Å². The van der Waals surface area contributed by atoms with Gasteiger partial charge in [0, 0.05) is 19.6 Å². The molecule has 0 spiro atoms. The van der Waals surface area contributed by atoms with Gasteiger partial charge in [-0.25, -0.2) is 0 Å². The Morgan fingerprint density at radius 2 is 2.00 bits per heavy atom. The molecule has 0 aromatic heterocycles. The summed E-state index contributed by atoms with van der Waals surface area (Å²) in [5.41, 5.74) is 0.430. The first-order valence-corrected chi connectivity index (χ1v) is 5.91. The second kappa shape index (κ2) is 4.52. The van der Waals surface area contributed by atoms with E-state index in [1.54, 1.807) is 4.90 Å². The van der Waals surface area contributed by atoms with Crippen molar-refractivity contribution in [1.82, 2.24) is 10.2 Å². The minimum absolute atomic E-state index is 0.0672. The molecule has 0 heterocycles. The normalized spacial score (nSPS) is 21.9. The van der Waals surface area contributed by atoms with Crippen molar-refractivity contribution in [3.63, 3.8) is 0 Å². The highest BCUT2D eigenvalue weighted by atomic mass is 16.2. The molecule has 0 radical (unpaired) electrons. The van der Waals surface area contributed by atoms with Crippen LogP contribution < -0.4 is 5.32 Å². The van der Waals surface area contributed by atoms with Crippen molar-refractivity contribution in [2.75, 3.05) is 13.6 Å². The van der Waals surface area contributed by atoms with Gasteiger partial charge in [0.1, 0.15) is 0 Å². The molecule has 2 unspecified atom stereocenters. The Balaban J connectivity index is 2.41. The summed E-state index contributed by atoms with van der Waals surface area (Å²) in [4.78, 5) is 13.6. The Labute approximate surface area is 93.2 Å². The van der Waals surface area contributed by atoms with Crippen LogP contribution in [0.2, 0.25) is 0 Å². The van der Waals surface area contributed by atoms with Gasteiger partial charge in [-0.1, -0.05) is 6.92 Å². The van der Waals surface area contributed by atoms with Crippen molar-refractivity contribution in [2.24, 2.45) is 5.41 Å². The predicted molar refractivity (Wildman–Crippen MR) is 62.7 cm³/mol. The van der Waals surface area contributed by atoms with Crippen LogP contribution in [0.1, 0.15) is 40.5 Å². The van der Waals surface area contributed by atoms with Crippen LogP contribution in [0.25, 0.3) is 0 Å². The molecule has 1 aliphatic rings. The zero-order valence-corrected chi connectivity index (χ0v) is 10.6. The molecule has 3 heteroatoms. The fourth-order valence-electron chi connectivity index (χ4n) is 1.76. The van der Waals surface area contributed by atoms with E-state index >= 15 is 0 Å². The van der Waals surface area contributed by atoms with Crippen molar-refractivity contribution in [1.29, 1.82) is 0 Å². The molecular weight excluding hydrogens is 188 g/mol. The molecule has 0 bridgehead atoms. The molecule has 2 atom stereocenters. The van der Waals surface area contributed by atoms with Crippen LogP contribution in [0.4, 0.5) is 0 Å². The number of amides is 1. The monoisotopic (exact) mass is 212 g/mol. The maximum Gasteiger partial charge on any atom is 0.239 e. The molecule has 0 aromatic carbocycles. The molecule has 88 valence electrons. The summed E-state index contributed by atoms with van der Waals surface area (Å²) >= 11 is 0. The SMILES string of the molecule is CCN(C)C(=O)C(C)NC(C)C1(C)CC1. The summed E-state index contributed by atoms with van der Waals surface area (Å²) in [6.45, 7) is 9.19. The molecule has 1 aliphatic carbocycles. The van der Waals surface area contributed by atoms with Crippen molar-refractivity contribution in [3.05, 3.63) is 0 Å². The maximum absolute atomic E-state index is 11.8. The number of rotatable bonds is 5. The van der Waals surface area contributed by atoms with Gasteiger partial charge in [-0.15, -0.1) is 0 Å². The molecule has 15 heavy (non-hydrogen) atoms. The molecule has 0 aliphatic heterocycles. The molecule has 1 N–H and O–H groups in total. The van der Waals surface area contributed by atoms with Crippen LogP contribution in [0.15, 0.2) is 0 Å². The van der Waals surface area contributed by atoms with Gasteiger partial charge in [0.2, 0.25) is 5.91 Å². The zero-order chi connectivity index (χ0) is 11.6. The lowest BCUT2D eigenvalue weighted by Gasteiger charge is -2.27. The summed E-state index contributed by atoms with van der Waals surface area (Å²) in [6.07, 6.45) is 2.57. The predicted octanol–water partition coefficient (Wildman–Crippen LogP) is 1.63. The fourth-order valence-corrected chi connectivity index (χ4v) is 1.76. The highest BCUT2D eigenvalue weighted by Gasteiger charge is 2.43. The number of nitrogens with one attached hydrogen (secondary N) is 1. The van der Waals surface area contributed by atoms with E-state index in [2.05, 4.69) is 19.2 Å². The second-order valence-electron chi connectivity index (χ2n) is 5.12. The third-order valence-electron chi connectivity index (χ3n) is 3.81. The van der Waals surface area contributed by atoms with Crippen molar-refractivity contribution in [2.45, 2.75) is 52.6 Å². The van der Waals surface area contributed by atoms with Gasteiger partial charge < -0.3 is 10.2 Å². The summed E-state index contributed by atoms with van der Waals surface area (Å²) in [5.74, 6) is 0.189. The largest absolute Gasteiger partial charge is 0.345 e. The molecule has 0 saturated heterocycles. The summed E-state index contributed by atoms with van der Waals surface area (Å²) in [6, 6.07) is 0.365. The van der Waals surface area contributed by atoms with Crippen LogP contribution in [-0.4, -0.2) is 36.5 Å². The number of likely N-dealkylation sites (N-methyl/N-ethyl adjacent to an activating group) is 1. The lowest BCUT2D eigenvalue weighted by atomic mass is 10.00. The Bertz CT molecular complexity index is 236. The van der Waals surface area contributed by atoms with Gasteiger partial charge in [-0.05, 0) is 39.0 Å². The molecule has 1 fully saturated rings. The molecule has 1 rings (SSSR count). The number of hydrogen-bond acceptors (Lipinski definition) is 2. The van der Waals surface area contributed by atoms with E-state index in [-0.39, 0.29) is 11.9 Å². The minimum atomic E-state index is -0.0672. The Hall–Kier alpha value is -0.570. The van der Waals surface area contributed by atoms with E-state index in [1.807, 2.05) is 20.9 Å². The van der Waals surface area contributed by atoms with Crippen LogP contribution in [0.3, 0.4) is 0 Å². The molecule has 1 saturated carbocycles. The summed E-state index contributed by atoms with van der Waals surface area (Å²) < 4.78 is 0. The topological polar surface area (TPSA) is 32.3 Å². The average molecular weight is 212 g/mol. The highest BCUT2D eigenvalue weighted by molar-refractivity contribution is 5.81. The van der Waals surface area contributed by atoms with E-state index in [0.29, 0.717) is 11.5 Å². The lowest BCUT2D eigenvalue weighted by Crippen LogP contribution is -2.48. The molecular formula is C12H24N2O. The van der Waals surface area contributed by atoms with Crippen LogP contribution in [-0.2, 0) is 4.79 Å². The standard InChI is InChI=1S/C12H24N2O/c1-6-14(5)11(15)9(2)13-10(3)12(4)7-8-12/h9-10,13H,6-8H2,1-5H3. The van der Waals surface area contributed by atoms with E-state index in [0.717, 1.165) is 6.54 Å². The Kier molecular flexibility index (Phi) is 3.77. The molecule has 1 amide bonds. The Morgan fingerprint density at radius 1 is 1.47 bits per heavy atom. The van der Waals surface area contributed by atoms with E-state index < -0.39 is 0 Å². The van der Waals surface area contributed by atoms with Gasteiger partial charge >= 0.3 is 0 Å². The lowest BCUT2D eigenvalue weighted by molar-refractivity contribution is -0.131. The van der Waals surface area contributed by atoms with Crippen molar-refractivity contribution >= 4 is 5.91 Å². The quantitative estimate of drug-likeness (QED) is 0.751. The number of hydrogen-bond donors (Lipinski definition) is 1. The highest BCUT2D eigenvalue weighted by Crippen LogP contribution is 2.48. The van der Waals surface area contributed by atoms with Crippen LogP contribution in [0.5, 0.6) is 0 Å². The van der Waals surface area contributed by atoms with Gasteiger partial charge in [-0.2, -0.15) is 0 Å². The maximum atomic E-state index is 11.8. The Morgan fingerprint density at radius 3 is 2.40 bits per heavy atom. The summed E-state index contributed by atoms with van der Waals surface area (Å²) in [7, 11) is 1.85. The minimum Gasteiger partial charge on any atom is -0.345 e. The fraction of sp³-hybridized carbons (Fsp3) is 0.917. The van der Waals surface area contributed by atoms with Crippen molar-refractivity contribution < 1.29 is 4.79 Å². The number of carbonyl (C=O) groups is 1. The van der Waals surface area contributed by atoms with E-state index in [1.165, 1.54) is 12.8 Å². The number of nitrogens with zero attached hydrogens (tertiary/aromatic N) is 1. The third kappa shape index (κ3) is 2.94. The molecule has 3 nitrogen and oxygen atoms in total. The van der Waals surface area contributed by atoms with Gasteiger partial charge in [-0.3, -0.25) is 4.79 Å². The molecule has 0 aromatic rings.